The quantitative estimate of drug-likeness (QED) is 0.669. The van der Waals surface area contributed by atoms with E-state index in [0.717, 1.165) is 33.9 Å². The van der Waals surface area contributed by atoms with Crippen LogP contribution >= 0.6 is 0 Å². The van der Waals surface area contributed by atoms with E-state index in [1.165, 1.54) is 0 Å². The van der Waals surface area contributed by atoms with E-state index in [-0.39, 0.29) is 11.5 Å². The van der Waals surface area contributed by atoms with Gasteiger partial charge in [0.2, 0.25) is 0 Å². The van der Waals surface area contributed by atoms with Gasteiger partial charge in [-0.05, 0) is 51.0 Å². The number of aryl methyl sites for hydroxylation is 4. The molecule has 2 aromatic rings. The van der Waals surface area contributed by atoms with Crippen LogP contribution in [0.5, 0.6) is 0 Å². The highest BCUT2D eigenvalue weighted by Gasteiger charge is 2.34. The van der Waals surface area contributed by atoms with Crippen molar-refractivity contribution < 1.29 is 10.2 Å². The Labute approximate surface area is 117 Å². The zero-order valence-corrected chi connectivity index (χ0v) is 12.0. The van der Waals surface area contributed by atoms with Gasteiger partial charge in [0.05, 0.1) is 22.5 Å². The second kappa shape index (κ2) is 4.07. The van der Waals surface area contributed by atoms with Crippen molar-refractivity contribution in [1.29, 1.82) is 0 Å². The lowest BCUT2D eigenvalue weighted by Crippen LogP contribution is -2.12. The molecule has 0 spiro atoms. The van der Waals surface area contributed by atoms with Gasteiger partial charge in [0, 0.05) is 11.4 Å². The SMILES string of the molecule is Cc1cc(C)c(C2=C(O)C(c3[nH]c(C)cc3C)=C2O)[nH]1. The van der Waals surface area contributed by atoms with Crippen LogP contribution in [0, 0.1) is 27.7 Å². The van der Waals surface area contributed by atoms with E-state index in [9.17, 15) is 10.2 Å². The normalized spacial score (nSPS) is 15.0. The molecule has 20 heavy (non-hydrogen) atoms. The lowest BCUT2D eigenvalue weighted by atomic mass is 9.87. The molecule has 0 radical (unpaired) electrons. The molecule has 1 aliphatic carbocycles. The fourth-order valence-electron chi connectivity index (χ4n) is 2.86. The first-order valence-corrected chi connectivity index (χ1v) is 6.60. The Balaban J connectivity index is 2.07. The summed E-state index contributed by atoms with van der Waals surface area (Å²) in [4.78, 5) is 6.35. The number of hydrogen-bond acceptors (Lipinski definition) is 2. The first kappa shape index (κ1) is 12.7. The molecule has 3 rings (SSSR count). The summed E-state index contributed by atoms with van der Waals surface area (Å²) in [6.45, 7) is 7.81. The van der Waals surface area contributed by atoms with E-state index in [1.54, 1.807) is 0 Å². The van der Waals surface area contributed by atoms with Crippen LogP contribution in [0.15, 0.2) is 23.7 Å². The highest BCUT2D eigenvalue weighted by molar-refractivity contribution is 6.06. The fraction of sp³-hybridized carbons (Fsp3) is 0.250. The Morgan fingerprint density at radius 2 is 1.05 bits per heavy atom. The van der Waals surface area contributed by atoms with Crippen LogP contribution < -0.4 is 0 Å². The van der Waals surface area contributed by atoms with Crippen LogP contribution in [0.2, 0.25) is 0 Å². The third-order valence-electron chi connectivity index (χ3n) is 3.75. The van der Waals surface area contributed by atoms with Crippen LogP contribution in [-0.4, -0.2) is 20.2 Å². The second-order valence-corrected chi connectivity index (χ2v) is 5.47. The fourth-order valence-corrected chi connectivity index (χ4v) is 2.86. The molecule has 4 heteroatoms. The van der Waals surface area contributed by atoms with Gasteiger partial charge >= 0.3 is 0 Å². The topological polar surface area (TPSA) is 72.0 Å². The minimum Gasteiger partial charge on any atom is -0.506 e. The molecule has 0 atom stereocenters. The van der Waals surface area contributed by atoms with Crippen LogP contribution in [0.3, 0.4) is 0 Å². The maximum atomic E-state index is 10.3. The maximum Gasteiger partial charge on any atom is 0.141 e. The molecule has 104 valence electrons. The van der Waals surface area contributed by atoms with Crippen LogP contribution in [0.4, 0.5) is 0 Å². The van der Waals surface area contributed by atoms with Gasteiger partial charge in [-0.15, -0.1) is 0 Å². The van der Waals surface area contributed by atoms with Crippen LogP contribution in [-0.2, 0) is 0 Å². The zero-order chi connectivity index (χ0) is 14.6. The smallest absolute Gasteiger partial charge is 0.141 e. The summed E-state index contributed by atoms with van der Waals surface area (Å²) >= 11 is 0. The molecule has 0 saturated carbocycles. The molecular formula is C16H18N2O2. The van der Waals surface area contributed by atoms with Gasteiger partial charge in [0.1, 0.15) is 11.5 Å². The summed E-state index contributed by atoms with van der Waals surface area (Å²) < 4.78 is 0. The first-order chi connectivity index (χ1) is 9.40. The van der Waals surface area contributed by atoms with Crippen molar-refractivity contribution in [3.8, 4) is 0 Å². The van der Waals surface area contributed by atoms with Crippen molar-refractivity contribution in [3.63, 3.8) is 0 Å². The highest BCUT2D eigenvalue weighted by atomic mass is 16.3. The van der Waals surface area contributed by atoms with Gasteiger partial charge in [-0.3, -0.25) is 0 Å². The summed E-state index contributed by atoms with van der Waals surface area (Å²) in [6.07, 6.45) is 0. The molecule has 0 fully saturated rings. The number of aromatic nitrogens is 2. The minimum atomic E-state index is 0.136. The molecular weight excluding hydrogens is 252 g/mol. The summed E-state index contributed by atoms with van der Waals surface area (Å²) in [5.41, 5.74) is 6.58. The zero-order valence-electron chi connectivity index (χ0n) is 12.0. The van der Waals surface area contributed by atoms with Crippen LogP contribution in [0.25, 0.3) is 11.1 Å². The van der Waals surface area contributed by atoms with Gasteiger partial charge < -0.3 is 20.2 Å². The summed E-state index contributed by atoms with van der Waals surface area (Å²) in [5, 5.41) is 20.7. The molecule has 0 bridgehead atoms. The molecule has 2 aromatic heterocycles. The predicted molar refractivity (Wildman–Crippen MR) is 79.6 cm³/mol. The minimum absolute atomic E-state index is 0.136. The summed E-state index contributed by atoms with van der Waals surface area (Å²) in [5.74, 6) is 0.273. The molecule has 2 heterocycles. The van der Waals surface area contributed by atoms with E-state index in [1.807, 2.05) is 39.8 Å². The third-order valence-corrected chi connectivity index (χ3v) is 3.75. The Bertz CT molecular complexity index is 695. The Morgan fingerprint density at radius 1 is 0.700 bits per heavy atom. The van der Waals surface area contributed by atoms with Crippen LogP contribution in [0.1, 0.15) is 33.9 Å². The lowest BCUT2D eigenvalue weighted by molar-refractivity contribution is 0.389. The third kappa shape index (κ3) is 1.61. The Hall–Kier alpha value is -2.36. The average molecular weight is 270 g/mol. The largest absolute Gasteiger partial charge is 0.506 e. The molecule has 4 N–H and O–H groups in total. The Morgan fingerprint density at radius 3 is 1.30 bits per heavy atom. The predicted octanol–water partition coefficient (Wildman–Crippen LogP) is 3.83. The van der Waals surface area contributed by atoms with Crippen molar-refractivity contribution >= 4 is 11.1 Å². The number of hydrogen-bond donors (Lipinski definition) is 4. The van der Waals surface area contributed by atoms with Gasteiger partial charge in [-0.2, -0.15) is 0 Å². The molecule has 1 aliphatic rings. The van der Waals surface area contributed by atoms with E-state index in [2.05, 4.69) is 9.97 Å². The number of aliphatic hydroxyl groups excluding tert-OH is 2. The maximum absolute atomic E-state index is 10.3. The van der Waals surface area contributed by atoms with Gasteiger partial charge in [-0.1, -0.05) is 0 Å². The van der Waals surface area contributed by atoms with Crippen molar-refractivity contribution in [3.05, 3.63) is 57.6 Å². The number of aliphatic hydroxyl groups is 2. The molecule has 4 nitrogen and oxygen atoms in total. The molecule has 0 aromatic carbocycles. The van der Waals surface area contributed by atoms with Gasteiger partial charge in [0.25, 0.3) is 0 Å². The molecule has 0 aliphatic heterocycles. The van der Waals surface area contributed by atoms with Crippen molar-refractivity contribution in [2.75, 3.05) is 0 Å². The number of H-pyrrole nitrogens is 2. The van der Waals surface area contributed by atoms with Gasteiger partial charge in [0.15, 0.2) is 0 Å². The van der Waals surface area contributed by atoms with E-state index in [0.29, 0.717) is 11.1 Å². The highest BCUT2D eigenvalue weighted by Crippen LogP contribution is 2.45. The molecule has 0 amide bonds. The monoisotopic (exact) mass is 270 g/mol. The molecule has 0 saturated heterocycles. The molecule has 0 unspecified atom stereocenters. The standard InChI is InChI=1S/C16H18N2O2/c1-7-5-9(3)17-13(7)11-15(19)12(16(11)20)14-8(2)6-10(4)18-14/h5-6,17-20H,1-4H3. The van der Waals surface area contributed by atoms with Crippen molar-refractivity contribution in [1.82, 2.24) is 9.97 Å². The first-order valence-electron chi connectivity index (χ1n) is 6.60. The average Bonchev–Trinajstić information content (AvgIpc) is 2.83. The number of aromatic amines is 2. The van der Waals surface area contributed by atoms with E-state index < -0.39 is 0 Å². The number of allylic oxidation sites excluding steroid dienone is 2. The summed E-state index contributed by atoms with van der Waals surface area (Å²) in [6, 6.07) is 3.98. The number of nitrogens with one attached hydrogen (secondary N) is 2. The summed E-state index contributed by atoms with van der Waals surface area (Å²) in [7, 11) is 0. The van der Waals surface area contributed by atoms with Crippen molar-refractivity contribution in [2.24, 2.45) is 0 Å². The van der Waals surface area contributed by atoms with Gasteiger partial charge in [-0.25, -0.2) is 0 Å². The number of rotatable bonds is 2. The van der Waals surface area contributed by atoms with E-state index >= 15 is 0 Å². The Kier molecular flexibility index (Phi) is 2.57. The van der Waals surface area contributed by atoms with E-state index in [4.69, 9.17) is 0 Å². The second-order valence-electron chi connectivity index (χ2n) is 5.47. The van der Waals surface area contributed by atoms with Crippen molar-refractivity contribution in [2.45, 2.75) is 27.7 Å². The lowest BCUT2D eigenvalue weighted by Gasteiger charge is -2.23.